The zero-order valence-corrected chi connectivity index (χ0v) is 10.6. The van der Waals surface area contributed by atoms with Crippen LogP contribution in [0, 0.1) is 12.7 Å². The maximum atomic E-state index is 13.7. The van der Waals surface area contributed by atoms with Crippen molar-refractivity contribution in [3.8, 4) is 17.0 Å². The summed E-state index contributed by atoms with van der Waals surface area (Å²) in [5, 5.41) is 2.81. The number of oxazole rings is 1. The minimum absolute atomic E-state index is 0.247. The number of aryl methyl sites for hydroxylation is 1. The third-order valence-electron chi connectivity index (χ3n) is 2.52. The summed E-state index contributed by atoms with van der Waals surface area (Å²) in [4.78, 5) is 4.23. The SMILES string of the molecule is CCOc1ccc(-c2nc(NC)oc2C)cc1F. The first-order valence-corrected chi connectivity index (χ1v) is 5.73. The Bertz CT molecular complexity index is 552. The van der Waals surface area contributed by atoms with Crippen molar-refractivity contribution in [3.05, 3.63) is 29.8 Å². The second-order valence-corrected chi connectivity index (χ2v) is 3.75. The number of benzene rings is 1. The molecule has 0 saturated heterocycles. The molecule has 0 bridgehead atoms. The summed E-state index contributed by atoms with van der Waals surface area (Å²) in [5.41, 5.74) is 1.29. The molecule has 1 aromatic carbocycles. The average Bonchev–Trinajstić information content (AvgIpc) is 2.73. The number of halogens is 1. The number of anilines is 1. The Morgan fingerprint density at radius 3 is 2.78 bits per heavy atom. The lowest BCUT2D eigenvalue weighted by atomic mass is 10.1. The third-order valence-corrected chi connectivity index (χ3v) is 2.52. The Labute approximate surface area is 105 Å². The van der Waals surface area contributed by atoms with E-state index in [4.69, 9.17) is 9.15 Å². The largest absolute Gasteiger partial charge is 0.491 e. The molecule has 1 N–H and O–H groups in total. The van der Waals surface area contributed by atoms with Gasteiger partial charge in [0.1, 0.15) is 11.5 Å². The van der Waals surface area contributed by atoms with Gasteiger partial charge in [-0.2, -0.15) is 4.98 Å². The summed E-state index contributed by atoms with van der Waals surface area (Å²) < 4.78 is 24.3. The van der Waals surface area contributed by atoms with E-state index < -0.39 is 5.82 Å². The second kappa shape index (κ2) is 5.08. The molecule has 0 unspecified atom stereocenters. The van der Waals surface area contributed by atoms with Crippen molar-refractivity contribution in [1.29, 1.82) is 0 Å². The predicted octanol–water partition coefficient (Wildman–Crippen LogP) is 3.23. The second-order valence-electron chi connectivity index (χ2n) is 3.75. The van der Waals surface area contributed by atoms with Crippen molar-refractivity contribution in [3.63, 3.8) is 0 Å². The number of rotatable bonds is 4. The smallest absolute Gasteiger partial charge is 0.295 e. The van der Waals surface area contributed by atoms with Crippen LogP contribution in [0.4, 0.5) is 10.4 Å². The van der Waals surface area contributed by atoms with Crippen LogP contribution in [0.3, 0.4) is 0 Å². The average molecular weight is 250 g/mol. The highest BCUT2D eigenvalue weighted by atomic mass is 19.1. The minimum Gasteiger partial charge on any atom is -0.491 e. The molecule has 96 valence electrons. The summed E-state index contributed by atoms with van der Waals surface area (Å²) in [5.74, 6) is 0.488. The zero-order chi connectivity index (χ0) is 13.1. The fraction of sp³-hybridized carbons (Fsp3) is 0.308. The van der Waals surface area contributed by atoms with Crippen molar-refractivity contribution in [2.45, 2.75) is 13.8 Å². The number of hydrogen-bond acceptors (Lipinski definition) is 4. The van der Waals surface area contributed by atoms with Crippen LogP contribution < -0.4 is 10.1 Å². The molecule has 2 aromatic rings. The van der Waals surface area contributed by atoms with Gasteiger partial charge < -0.3 is 14.5 Å². The van der Waals surface area contributed by atoms with Gasteiger partial charge in [0.25, 0.3) is 6.01 Å². The zero-order valence-electron chi connectivity index (χ0n) is 10.6. The van der Waals surface area contributed by atoms with Crippen molar-refractivity contribution in [2.75, 3.05) is 19.0 Å². The van der Waals surface area contributed by atoms with Crippen LogP contribution in [0.25, 0.3) is 11.3 Å². The molecule has 0 atom stereocenters. The van der Waals surface area contributed by atoms with Crippen molar-refractivity contribution in [2.24, 2.45) is 0 Å². The highest BCUT2D eigenvalue weighted by Crippen LogP contribution is 2.28. The van der Waals surface area contributed by atoms with E-state index in [9.17, 15) is 4.39 Å². The van der Waals surface area contributed by atoms with Gasteiger partial charge >= 0.3 is 0 Å². The molecule has 0 saturated carbocycles. The number of nitrogens with zero attached hydrogens (tertiary/aromatic N) is 1. The van der Waals surface area contributed by atoms with E-state index in [1.165, 1.54) is 6.07 Å². The number of hydrogen-bond donors (Lipinski definition) is 1. The monoisotopic (exact) mass is 250 g/mol. The van der Waals surface area contributed by atoms with Gasteiger partial charge in [-0.05, 0) is 32.0 Å². The van der Waals surface area contributed by atoms with Gasteiger partial charge in [-0.25, -0.2) is 4.39 Å². The van der Waals surface area contributed by atoms with E-state index in [1.807, 2.05) is 6.92 Å². The van der Waals surface area contributed by atoms with E-state index in [-0.39, 0.29) is 5.75 Å². The normalized spacial score (nSPS) is 10.4. The van der Waals surface area contributed by atoms with E-state index >= 15 is 0 Å². The Morgan fingerprint density at radius 1 is 1.44 bits per heavy atom. The molecule has 0 fully saturated rings. The fourth-order valence-electron chi connectivity index (χ4n) is 1.69. The maximum Gasteiger partial charge on any atom is 0.295 e. The van der Waals surface area contributed by atoms with Crippen LogP contribution in [-0.2, 0) is 0 Å². The van der Waals surface area contributed by atoms with Gasteiger partial charge in [0, 0.05) is 12.6 Å². The van der Waals surface area contributed by atoms with Gasteiger partial charge in [-0.15, -0.1) is 0 Å². The molecule has 1 aromatic heterocycles. The van der Waals surface area contributed by atoms with Crippen LogP contribution in [0.2, 0.25) is 0 Å². The first kappa shape index (κ1) is 12.4. The topological polar surface area (TPSA) is 47.3 Å². The summed E-state index contributed by atoms with van der Waals surface area (Å²) in [6.45, 7) is 4.04. The lowest BCUT2D eigenvalue weighted by Crippen LogP contribution is -1.95. The van der Waals surface area contributed by atoms with Crippen LogP contribution in [0.1, 0.15) is 12.7 Å². The fourth-order valence-corrected chi connectivity index (χ4v) is 1.69. The lowest BCUT2D eigenvalue weighted by molar-refractivity contribution is 0.321. The maximum absolute atomic E-state index is 13.7. The Morgan fingerprint density at radius 2 is 2.22 bits per heavy atom. The van der Waals surface area contributed by atoms with Crippen molar-refractivity contribution in [1.82, 2.24) is 4.98 Å². The van der Waals surface area contributed by atoms with Gasteiger partial charge in [-0.1, -0.05) is 0 Å². The number of ether oxygens (including phenoxy) is 1. The summed E-state index contributed by atoms with van der Waals surface area (Å²) in [7, 11) is 1.72. The Balaban J connectivity index is 2.38. The van der Waals surface area contributed by atoms with Crippen LogP contribution in [0.5, 0.6) is 5.75 Å². The first-order chi connectivity index (χ1) is 8.65. The van der Waals surface area contributed by atoms with Gasteiger partial charge in [0.05, 0.1) is 6.61 Å². The third kappa shape index (κ3) is 2.30. The van der Waals surface area contributed by atoms with Gasteiger partial charge in [-0.3, -0.25) is 0 Å². The van der Waals surface area contributed by atoms with Gasteiger partial charge in [0.2, 0.25) is 0 Å². The van der Waals surface area contributed by atoms with E-state index in [1.54, 1.807) is 26.1 Å². The van der Waals surface area contributed by atoms with E-state index in [0.717, 1.165) is 0 Å². The van der Waals surface area contributed by atoms with E-state index in [2.05, 4.69) is 10.3 Å². The minimum atomic E-state index is -0.400. The number of nitrogens with one attached hydrogen (secondary N) is 1. The highest BCUT2D eigenvalue weighted by Gasteiger charge is 2.13. The summed E-state index contributed by atoms with van der Waals surface area (Å²) in [6.07, 6.45) is 0. The molecule has 0 aliphatic carbocycles. The van der Waals surface area contributed by atoms with Crippen molar-refractivity contribution < 1.29 is 13.5 Å². The molecule has 5 heteroatoms. The first-order valence-electron chi connectivity index (χ1n) is 5.73. The van der Waals surface area contributed by atoms with Crippen LogP contribution in [0.15, 0.2) is 22.6 Å². The van der Waals surface area contributed by atoms with Crippen LogP contribution in [-0.4, -0.2) is 18.6 Å². The molecule has 0 radical (unpaired) electrons. The molecule has 2 rings (SSSR count). The van der Waals surface area contributed by atoms with Gasteiger partial charge in [0.15, 0.2) is 11.6 Å². The molecule has 0 spiro atoms. The molecule has 0 aliphatic rings. The summed E-state index contributed by atoms with van der Waals surface area (Å²) in [6, 6.07) is 5.17. The van der Waals surface area contributed by atoms with E-state index in [0.29, 0.717) is 29.6 Å². The van der Waals surface area contributed by atoms with Crippen LogP contribution >= 0.6 is 0 Å². The molecule has 18 heavy (non-hydrogen) atoms. The molecule has 1 heterocycles. The molecular formula is C13H15FN2O2. The van der Waals surface area contributed by atoms with Crippen molar-refractivity contribution >= 4 is 6.01 Å². The molecule has 0 amide bonds. The Kier molecular flexibility index (Phi) is 3.50. The number of aromatic nitrogens is 1. The summed E-state index contributed by atoms with van der Waals surface area (Å²) >= 11 is 0. The standard InChI is InChI=1S/C13H15FN2O2/c1-4-17-11-6-5-9(7-10(11)14)12-8(2)18-13(15-3)16-12/h5-7H,4H2,1-3H3,(H,15,16). The highest BCUT2D eigenvalue weighted by molar-refractivity contribution is 5.63. The lowest BCUT2D eigenvalue weighted by Gasteiger charge is -2.05. The quantitative estimate of drug-likeness (QED) is 0.905. The Hall–Kier alpha value is -2.04. The molecular weight excluding hydrogens is 235 g/mol. The predicted molar refractivity (Wildman–Crippen MR) is 67.3 cm³/mol. The molecule has 0 aliphatic heterocycles. The molecule has 4 nitrogen and oxygen atoms in total.